The summed E-state index contributed by atoms with van der Waals surface area (Å²) in [5.41, 5.74) is 0. The van der Waals surface area contributed by atoms with Crippen LogP contribution in [0.4, 0.5) is 0 Å². The maximum atomic E-state index is 2.35. The maximum absolute atomic E-state index is 2.35. The predicted molar refractivity (Wildman–Crippen MR) is 66.6 cm³/mol. The summed E-state index contributed by atoms with van der Waals surface area (Å²) < 4.78 is 0. The Morgan fingerprint density at radius 2 is 1.14 bits per heavy atom. The van der Waals surface area contributed by atoms with E-state index in [9.17, 15) is 0 Å². The highest BCUT2D eigenvalue weighted by atomic mass is 14.1. The molecule has 0 rings (SSSR count). The molecule has 0 aliphatic carbocycles. The fraction of sp³-hybridized carbons (Fsp3) is 1.00. The highest BCUT2D eigenvalue weighted by Gasteiger charge is 2.09. The first-order valence-electron chi connectivity index (χ1n) is 6.78. The molecule has 0 saturated carbocycles. The Hall–Kier alpha value is 0. The van der Waals surface area contributed by atoms with Gasteiger partial charge in [-0.1, -0.05) is 79.1 Å². The summed E-state index contributed by atoms with van der Waals surface area (Å²) in [6.45, 7) is 9.32. The molecule has 0 aromatic heterocycles. The summed E-state index contributed by atoms with van der Waals surface area (Å²) in [5.74, 6) is 2.00. The highest BCUT2D eigenvalue weighted by molar-refractivity contribution is 4.62. The van der Waals surface area contributed by atoms with Gasteiger partial charge in [-0.05, 0) is 11.8 Å². The Labute approximate surface area is 91.5 Å². The lowest BCUT2D eigenvalue weighted by molar-refractivity contribution is 0.349. The summed E-state index contributed by atoms with van der Waals surface area (Å²) in [6.07, 6.45) is 11.3. The van der Waals surface area contributed by atoms with Gasteiger partial charge in [-0.15, -0.1) is 0 Å². The molecule has 0 heterocycles. The van der Waals surface area contributed by atoms with E-state index in [4.69, 9.17) is 0 Å². The zero-order chi connectivity index (χ0) is 10.8. The third kappa shape index (κ3) is 6.45. The molecule has 1 atom stereocenters. The van der Waals surface area contributed by atoms with Crippen LogP contribution in [-0.4, -0.2) is 0 Å². The van der Waals surface area contributed by atoms with Crippen LogP contribution in [0, 0.1) is 11.8 Å². The van der Waals surface area contributed by atoms with Crippen LogP contribution in [-0.2, 0) is 0 Å². The Morgan fingerprint density at radius 3 is 1.57 bits per heavy atom. The summed E-state index contributed by atoms with van der Waals surface area (Å²) in [7, 11) is 0. The third-order valence-electron chi connectivity index (χ3n) is 3.68. The van der Waals surface area contributed by atoms with Crippen LogP contribution >= 0.6 is 0 Å². The van der Waals surface area contributed by atoms with Crippen molar-refractivity contribution in [3.8, 4) is 0 Å². The van der Waals surface area contributed by atoms with Crippen molar-refractivity contribution in [2.24, 2.45) is 11.8 Å². The van der Waals surface area contributed by atoms with E-state index >= 15 is 0 Å². The number of unbranched alkanes of at least 4 members (excludes halogenated alkanes) is 1. The number of hydrogen-bond donors (Lipinski definition) is 0. The summed E-state index contributed by atoms with van der Waals surface area (Å²) in [5, 5.41) is 0. The smallest absolute Gasteiger partial charge is 0.0417 e. The van der Waals surface area contributed by atoms with E-state index in [1.807, 2.05) is 0 Å². The van der Waals surface area contributed by atoms with E-state index in [-0.39, 0.29) is 0 Å². The van der Waals surface area contributed by atoms with Crippen LogP contribution in [0.5, 0.6) is 0 Å². The Kier molecular flexibility index (Phi) is 9.55. The second-order valence-corrected chi connectivity index (χ2v) is 4.68. The van der Waals surface area contributed by atoms with Crippen LogP contribution < -0.4 is 0 Å². The van der Waals surface area contributed by atoms with Crippen LogP contribution in [0.25, 0.3) is 0 Å². The minimum absolute atomic E-state index is 0.991. The molecular weight excluding hydrogens is 168 g/mol. The average molecular weight is 198 g/mol. The molecule has 0 spiro atoms. The van der Waals surface area contributed by atoms with Gasteiger partial charge in [-0.25, -0.2) is 0 Å². The molecule has 0 aromatic carbocycles. The molecule has 0 fully saturated rings. The van der Waals surface area contributed by atoms with Gasteiger partial charge in [0.25, 0.3) is 0 Å². The van der Waals surface area contributed by atoms with Gasteiger partial charge in [0.2, 0.25) is 0 Å². The van der Waals surface area contributed by atoms with Gasteiger partial charge >= 0.3 is 0 Å². The van der Waals surface area contributed by atoms with E-state index < -0.39 is 0 Å². The first-order chi connectivity index (χ1) is 6.78. The van der Waals surface area contributed by atoms with Gasteiger partial charge in [0.15, 0.2) is 0 Å². The van der Waals surface area contributed by atoms with Crippen LogP contribution in [0.2, 0.25) is 0 Å². The molecule has 0 aliphatic rings. The molecule has 0 heteroatoms. The Balaban J connectivity index is 3.59. The fourth-order valence-corrected chi connectivity index (χ4v) is 2.21. The van der Waals surface area contributed by atoms with Gasteiger partial charge < -0.3 is 0 Å². The predicted octanol–water partition coefficient (Wildman–Crippen LogP) is 5.42. The molecule has 0 nitrogen and oxygen atoms in total. The van der Waals surface area contributed by atoms with Crippen molar-refractivity contribution in [1.82, 2.24) is 0 Å². The van der Waals surface area contributed by atoms with Crippen LogP contribution in [0.15, 0.2) is 0 Å². The lowest BCUT2D eigenvalue weighted by Crippen LogP contribution is -2.04. The molecule has 1 unspecified atom stereocenters. The van der Waals surface area contributed by atoms with Crippen molar-refractivity contribution in [2.75, 3.05) is 0 Å². The monoisotopic (exact) mass is 198 g/mol. The van der Waals surface area contributed by atoms with Crippen LogP contribution in [0.3, 0.4) is 0 Å². The van der Waals surface area contributed by atoms with Crippen molar-refractivity contribution < 1.29 is 0 Å². The molecule has 0 N–H and O–H groups in total. The van der Waals surface area contributed by atoms with Crippen molar-refractivity contribution in [2.45, 2.75) is 79.1 Å². The third-order valence-corrected chi connectivity index (χ3v) is 3.68. The Morgan fingerprint density at radius 1 is 0.643 bits per heavy atom. The molecule has 0 radical (unpaired) electrons. The minimum atomic E-state index is 0.991. The van der Waals surface area contributed by atoms with Gasteiger partial charge in [-0.3, -0.25) is 0 Å². The van der Waals surface area contributed by atoms with Gasteiger partial charge in [0, 0.05) is 0 Å². The molecule has 0 saturated heterocycles. The van der Waals surface area contributed by atoms with Crippen molar-refractivity contribution >= 4 is 0 Å². The molecule has 0 amide bonds. The quantitative estimate of drug-likeness (QED) is 0.464. The van der Waals surface area contributed by atoms with Gasteiger partial charge in [-0.2, -0.15) is 0 Å². The van der Waals surface area contributed by atoms with Crippen molar-refractivity contribution in [3.63, 3.8) is 0 Å². The van der Waals surface area contributed by atoms with Crippen molar-refractivity contribution in [3.05, 3.63) is 0 Å². The van der Waals surface area contributed by atoms with E-state index in [0.29, 0.717) is 0 Å². The lowest BCUT2D eigenvalue weighted by Gasteiger charge is -2.18. The van der Waals surface area contributed by atoms with Crippen LogP contribution in [0.1, 0.15) is 79.1 Å². The average Bonchev–Trinajstić information content (AvgIpc) is 2.23. The second kappa shape index (κ2) is 9.55. The standard InChI is InChI=1S/C14H30/c1-5-9-10-14(8-4)12-11-13(6-2)7-3/h13-14H,5-12H2,1-4H3. The molecular formula is C14H30. The molecule has 0 aromatic rings. The van der Waals surface area contributed by atoms with E-state index in [2.05, 4.69) is 27.7 Å². The number of hydrogen-bond acceptors (Lipinski definition) is 0. The van der Waals surface area contributed by atoms with Gasteiger partial charge in [0.05, 0.1) is 0 Å². The first kappa shape index (κ1) is 14.0. The van der Waals surface area contributed by atoms with Crippen molar-refractivity contribution in [1.29, 1.82) is 0 Å². The zero-order valence-corrected chi connectivity index (χ0v) is 10.8. The molecule has 14 heavy (non-hydrogen) atoms. The normalized spacial score (nSPS) is 13.5. The summed E-state index contributed by atoms with van der Waals surface area (Å²) >= 11 is 0. The van der Waals surface area contributed by atoms with E-state index in [0.717, 1.165) is 11.8 Å². The minimum Gasteiger partial charge on any atom is -0.0654 e. The largest absolute Gasteiger partial charge is 0.0654 e. The summed E-state index contributed by atoms with van der Waals surface area (Å²) in [4.78, 5) is 0. The maximum Gasteiger partial charge on any atom is -0.0417 e. The Bertz CT molecular complexity index is 103. The molecule has 0 aliphatic heterocycles. The fourth-order valence-electron chi connectivity index (χ4n) is 2.21. The van der Waals surface area contributed by atoms with Gasteiger partial charge in [0.1, 0.15) is 0 Å². The SMILES string of the molecule is CCCCC(CC)CCC(CC)CC. The zero-order valence-electron chi connectivity index (χ0n) is 10.8. The van der Waals surface area contributed by atoms with E-state index in [1.54, 1.807) is 0 Å². The first-order valence-corrected chi connectivity index (χ1v) is 6.78. The molecule has 86 valence electrons. The second-order valence-electron chi connectivity index (χ2n) is 4.68. The lowest BCUT2D eigenvalue weighted by atomic mass is 9.88. The molecule has 0 bridgehead atoms. The number of rotatable bonds is 9. The van der Waals surface area contributed by atoms with E-state index in [1.165, 1.54) is 51.4 Å². The summed E-state index contributed by atoms with van der Waals surface area (Å²) in [6, 6.07) is 0. The topological polar surface area (TPSA) is 0 Å². The highest BCUT2D eigenvalue weighted by Crippen LogP contribution is 2.23.